The van der Waals surface area contributed by atoms with Crippen LogP contribution in [0.25, 0.3) is 0 Å². The van der Waals surface area contributed by atoms with E-state index in [0.717, 1.165) is 11.5 Å². The Hall–Kier alpha value is -0.890. The van der Waals surface area contributed by atoms with Crippen LogP contribution in [0.15, 0.2) is 29.3 Å². The highest BCUT2D eigenvalue weighted by molar-refractivity contribution is 14.0. The van der Waals surface area contributed by atoms with Crippen molar-refractivity contribution in [3.05, 3.63) is 35.6 Å². The first-order valence-electron chi connectivity index (χ1n) is 7.98. The molecular formula is C17H27FIN3O. The quantitative estimate of drug-likeness (QED) is 0.422. The SMILES string of the molecule is CN=C(NCC(OC)c1ccc(F)cc1)NC1CCCCC1.I. The van der Waals surface area contributed by atoms with E-state index in [9.17, 15) is 4.39 Å². The summed E-state index contributed by atoms with van der Waals surface area (Å²) < 4.78 is 18.5. The summed E-state index contributed by atoms with van der Waals surface area (Å²) in [4.78, 5) is 4.28. The molecule has 2 N–H and O–H groups in total. The zero-order valence-electron chi connectivity index (χ0n) is 13.8. The molecule has 0 spiro atoms. The van der Waals surface area contributed by atoms with E-state index < -0.39 is 0 Å². The lowest BCUT2D eigenvalue weighted by Gasteiger charge is -2.26. The Bertz CT molecular complexity index is 475. The molecule has 1 saturated carbocycles. The molecule has 0 bridgehead atoms. The molecule has 1 aliphatic carbocycles. The van der Waals surface area contributed by atoms with Gasteiger partial charge < -0.3 is 15.4 Å². The smallest absolute Gasteiger partial charge is 0.191 e. The lowest BCUT2D eigenvalue weighted by Crippen LogP contribution is -2.45. The van der Waals surface area contributed by atoms with E-state index in [1.807, 2.05) is 0 Å². The first-order valence-corrected chi connectivity index (χ1v) is 7.98. The van der Waals surface area contributed by atoms with E-state index >= 15 is 0 Å². The van der Waals surface area contributed by atoms with Crippen LogP contribution in [0.3, 0.4) is 0 Å². The Morgan fingerprint density at radius 3 is 2.48 bits per heavy atom. The van der Waals surface area contributed by atoms with E-state index in [4.69, 9.17) is 4.74 Å². The molecule has 23 heavy (non-hydrogen) atoms. The highest BCUT2D eigenvalue weighted by Crippen LogP contribution is 2.18. The monoisotopic (exact) mass is 435 g/mol. The van der Waals surface area contributed by atoms with E-state index in [0.29, 0.717) is 12.6 Å². The fourth-order valence-corrected chi connectivity index (χ4v) is 2.84. The summed E-state index contributed by atoms with van der Waals surface area (Å²) in [5.41, 5.74) is 0.949. The summed E-state index contributed by atoms with van der Waals surface area (Å²) in [5.74, 6) is 0.567. The molecule has 0 aromatic heterocycles. The number of aliphatic imine (C=N–C) groups is 1. The average Bonchev–Trinajstić information content (AvgIpc) is 2.56. The second-order valence-corrected chi connectivity index (χ2v) is 5.71. The van der Waals surface area contributed by atoms with Crippen molar-refractivity contribution >= 4 is 29.9 Å². The number of benzene rings is 1. The maximum atomic E-state index is 13.0. The maximum Gasteiger partial charge on any atom is 0.191 e. The van der Waals surface area contributed by atoms with Crippen LogP contribution in [0.4, 0.5) is 4.39 Å². The number of rotatable bonds is 5. The third kappa shape index (κ3) is 6.63. The Balaban J connectivity index is 0.00000264. The zero-order chi connectivity index (χ0) is 15.8. The topological polar surface area (TPSA) is 45.7 Å². The van der Waals surface area contributed by atoms with Crippen molar-refractivity contribution in [3.8, 4) is 0 Å². The van der Waals surface area contributed by atoms with Crippen LogP contribution in [0, 0.1) is 5.82 Å². The molecule has 0 aliphatic heterocycles. The minimum Gasteiger partial charge on any atom is -0.375 e. The minimum atomic E-state index is -0.235. The summed E-state index contributed by atoms with van der Waals surface area (Å²) >= 11 is 0. The molecule has 1 aliphatic rings. The van der Waals surface area contributed by atoms with Gasteiger partial charge in [-0.05, 0) is 30.5 Å². The number of methoxy groups -OCH3 is 1. The molecule has 130 valence electrons. The summed E-state index contributed by atoms with van der Waals surface area (Å²) in [6, 6.07) is 6.92. The molecule has 1 unspecified atom stereocenters. The van der Waals surface area contributed by atoms with Gasteiger partial charge in [-0.1, -0.05) is 31.4 Å². The van der Waals surface area contributed by atoms with E-state index in [1.165, 1.54) is 44.2 Å². The number of ether oxygens (including phenoxy) is 1. The van der Waals surface area contributed by atoms with Crippen LogP contribution in [0.5, 0.6) is 0 Å². The van der Waals surface area contributed by atoms with Crippen molar-refractivity contribution in [2.45, 2.75) is 44.2 Å². The van der Waals surface area contributed by atoms with Crippen LogP contribution >= 0.6 is 24.0 Å². The van der Waals surface area contributed by atoms with E-state index in [2.05, 4.69) is 15.6 Å². The van der Waals surface area contributed by atoms with Crippen LogP contribution in [-0.2, 0) is 4.74 Å². The number of nitrogens with one attached hydrogen (secondary N) is 2. The molecule has 6 heteroatoms. The lowest BCUT2D eigenvalue weighted by atomic mass is 9.96. The lowest BCUT2D eigenvalue weighted by molar-refractivity contribution is 0.106. The zero-order valence-corrected chi connectivity index (χ0v) is 16.2. The van der Waals surface area contributed by atoms with Gasteiger partial charge in [0, 0.05) is 26.7 Å². The number of nitrogens with zero attached hydrogens (tertiary/aromatic N) is 1. The minimum absolute atomic E-state index is 0. The third-order valence-electron chi connectivity index (χ3n) is 4.15. The number of halogens is 2. The molecule has 1 atom stereocenters. The second kappa shape index (κ2) is 10.8. The standard InChI is InChI=1S/C17H26FN3O.HI/c1-19-17(21-15-6-4-3-5-7-15)20-12-16(22-2)13-8-10-14(18)11-9-13;/h8-11,15-16H,3-7,12H2,1-2H3,(H2,19,20,21);1H. The van der Waals surface area contributed by atoms with Crippen molar-refractivity contribution in [2.75, 3.05) is 20.7 Å². The second-order valence-electron chi connectivity index (χ2n) is 5.71. The van der Waals surface area contributed by atoms with Crippen LogP contribution in [0.1, 0.15) is 43.8 Å². The van der Waals surface area contributed by atoms with Gasteiger partial charge in [0.25, 0.3) is 0 Å². The predicted octanol–water partition coefficient (Wildman–Crippen LogP) is 3.63. The summed E-state index contributed by atoms with van der Waals surface area (Å²) in [6.07, 6.45) is 6.17. The Kier molecular flexibility index (Phi) is 9.47. The van der Waals surface area contributed by atoms with Gasteiger partial charge in [0.2, 0.25) is 0 Å². The van der Waals surface area contributed by atoms with Crippen molar-refractivity contribution in [2.24, 2.45) is 4.99 Å². The van der Waals surface area contributed by atoms with Gasteiger partial charge in [-0.25, -0.2) is 4.39 Å². The van der Waals surface area contributed by atoms with Crippen molar-refractivity contribution in [1.29, 1.82) is 0 Å². The summed E-state index contributed by atoms with van der Waals surface area (Å²) in [7, 11) is 3.44. The van der Waals surface area contributed by atoms with Gasteiger partial charge in [-0.2, -0.15) is 0 Å². The van der Waals surface area contributed by atoms with Crippen molar-refractivity contribution in [3.63, 3.8) is 0 Å². The normalized spacial score (nSPS) is 17.3. The molecule has 0 saturated heterocycles. The number of hydrogen-bond acceptors (Lipinski definition) is 2. The molecule has 1 fully saturated rings. The Morgan fingerprint density at radius 1 is 1.26 bits per heavy atom. The predicted molar refractivity (Wildman–Crippen MR) is 103 cm³/mol. The molecule has 0 radical (unpaired) electrons. The molecular weight excluding hydrogens is 408 g/mol. The highest BCUT2D eigenvalue weighted by atomic mass is 127. The Morgan fingerprint density at radius 2 is 1.91 bits per heavy atom. The molecule has 2 rings (SSSR count). The molecule has 4 nitrogen and oxygen atoms in total. The molecule has 1 aromatic carbocycles. The maximum absolute atomic E-state index is 13.0. The van der Waals surface area contributed by atoms with Crippen LogP contribution in [-0.4, -0.2) is 32.7 Å². The van der Waals surface area contributed by atoms with E-state index in [1.54, 1.807) is 26.3 Å². The van der Waals surface area contributed by atoms with Gasteiger partial charge in [0.15, 0.2) is 5.96 Å². The number of guanidine groups is 1. The van der Waals surface area contributed by atoms with Gasteiger partial charge >= 0.3 is 0 Å². The van der Waals surface area contributed by atoms with Crippen molar-refractivity contribution < 1.29 is 9.13 Å². The fourth-order valence-electron chi connectivity index (χ4n) is 2.84. The first-order chi connectivity index (χ1) is 10.7. The van der Waals surface area contributed by atoms with Gasteiger partial charge in [0.1, 0.15) is 5.82 Å². The van der Waals surface area contributed by atoms with Gasteiger partial charge in [-0.3, -0.25) is 4.99 Å². The largest absolute Gasteiger partial charge is 0.375 e. The van der Waals surface area contributed by atoms with Gasteiger partial charge in [0.05, 0.1) is 6.10 Å². The van der Waals surface area contributed by atoms with Crippen molar-refractivity contribution in [1.82, 2.24) is 10.6 Å². The van der Waals surface area contributed by atoms with Crippen LogP contribution < -0.4 is 10.6 Å². The fraction of sp³-hybridized carbons (Fsp3) is 0.588. The van der Waals surface area contributed by atoms with E-state index in [-0.39, 0.29) is 35.9 Å². The third-order valence-corrected chi connectivity index (χ3v) is 4.15. The number of hydrogen-bond donors (Lipinski definition) is 2. The highest BCUT2D eigenvalue weighted by Gasteiger charge is 2.16. The summed E-state index contributed by atoms with van der Waals surface area (Å²) in [5, 5.41) is 6.77. The van der Waals surface area contributed by atoms with Crippen LogP contribution in [0.2, 0.25) is 0 Å². The molecule has 1 aromatic rings. The molecule has 0 heterocycles. The van der Waals surface area contributed by atoms with Gasteiger partial charge in [-0.15, -0.1) is 24.0 Å². The molecule has 0 amide bonds. The Labute approximate surface area is 155 Å². The average molecular weight is 435 g/mol. The first kappa shape index (κ1) is 20.2. The summed E-state index contributed by atoms with van der Waals surface area (Å²) in [6.45, 7) is 0.592.